The maximum absolute atomic E-state index is 11.9. The lowest BCUT2D eigenvalue weighted by Gasteiger charge is -2.07. The summed E-state index contributed by atoms with van der Waals surface area (Å²) < 4.78 is 6.69. The zero-order chi connectivity index (χ0) is 13.4. The zero-order valence-corrected chi connectivity index (χ0v) is 11.3. The molecule has 0 unspecified atom stereocenters. The number of rotatable bonds is 2. The fourth-order valence-electron chi connectivity index (χ4n) is 2.01. The molecule has 3 rings (SSSR count). The molecule has 96 valence electrons. The van der Waals surface area contributed by atoms with Crippen molar-refractivity contribution >= 4 is 34.3 Å². The number of aromatic nitrogens is 1. The van der Waals surface area contributed by atoms with Crippen LogP contribution in [0.2, 0.25) is 10.0 Å². The predicted molar refractivity (Wildman–Crippen MR) is 76.0 cm³/mol. The second-order valence-corrected chi connectivity index (χ2v) is 4.94. The van der Waals surface area contributed by atoms with E-state index in [0.29, 0.717) is 21.2 Å². The molecular weight excluding hydrogens is 285 g/mol. The van der Waals surface area contributed by atoms with Gasteiger partial charge in [-0.1, -0.05) is 41.4 Å². The molecule has 1 heterocycles. The van der Waals surface area contributed by atoms with Crippen LogP contribution >= 0.6 is 23.2 Å². The smallest absolute Gasteiger partial charge is 0.408 e. The van der Waals surface area contributed by atoms with E-state index in [1.165, 1.54) is 4.57 Å². The molecule has 0 fully saturated rings. The van der Waals surface area contributed by atoms with Crippen LogP contribution in [-0.4, -0.2) is 4.57 Å². The molecule has 1 aromatic heterocycles. The standard InChI is InChI=1S/C14H9Cl2NO2/c15-10-4-3-5-11(16)9(10)8-17-12-6-1-2-7-13(12)19-14(17)18/h1-7H,8H2. The Hall–Kier alpha value is -1.71. The van der Waals surface area contributed by atoms with Crippen molar-refractivity contribution < 1.29 is 4.42 Å². The lowest BCUT2D eigenvalue weighted by Crippen LogP contribution is -2.15. The Balaban J connectivity index is 2.16. The first kappa shape index (κ1) is 12.3. The first-order chi connectivity index (χ1) is 9.16. The molecule has 0 atom stereocenters. The number of nitrogens with zero attached hydrogens (tertiary/aromatic N) is 1. The quantitative estimate of drug-likeness (QED) is 0.717. The topological polar surface area (TPSA) is 35.1 Å². The summed E-state index contributed by atoms with van der Waals surface area (Å²) in [5, 5.41) is 1.06. The molecule has 2 aromatic carbocycles. The maximum Gasteiger partial charge on any atom is 0.420 e. The van der Waals surface area contributed by atoms with Gasteiger partial charge in [0.05, 0.1) is 12.1 Å². The van der Waals surface area contributed by atoms with Gasteiger partial charge in [-0.05, 0) is 24.3 Å². The second-order valence-electron chi connectivity index (χ2n) is 4.12. The van der Waals surface area contributed by atoms with Gasteiger partial charge in [0.1, 0.15) is 0 Å². The average Bonchev–Trinajstić information content (AvgIpc) is 2.70. The minimum absolute atomic E-state index is 0.286. The Labute approximate surface area is 119 Å². The van der Waals surface area contributed by atoms with E-state index in [0.717, 1.165) is 5.52 Å². The van der Waals surface area contributed by atoms with Gasteiger partial charge in [0, 0.05) is 15.6 Å². The highest BCUT2D eigenvalue weighted by atomic mass is 35.5. The van der Waals surface area contributed by atoms with Gasteiger partial charge in [-0.3, -0.25) is 4.57 Å². The Morgan fingerprint density at radius 3 is 2.42 bits per heavy atom. The van der Waals surface area contributed by atoms with E-state index in [4.69, 9.17) is 27.6 Å². The Kier molecular flexibility index (Phi) is 3.09. The molecule has 0 aliphatic rings. The van der Waals surface area contributed by atoms with Crippen molar-refractivity contribution in [1.29, 1.82) is 0 Å². The van der Waals surface area contributed by atoms with Crippen LogP contribution in [0, 0.1) is 0 Å². The summed E-state index contributed by atoms with van der Waals surface area (Å²) >= 11 is 12.2. The van der Waals surface area contributed by atoms with E-state index in [1.54, 1.807) is 24.3 Å². The van der Waals surface area contributed by atoms with Crippen LogP contribution in [0.15, 0.2) is 51.7 Å². The summed E-state index contributed by atoms with van der Waals surface area (Å²) in [4.78, 5) is 11.9. The SMILES string of the molecule is O=c1oc2ccccc2n1Cc1c(Cl)cccc1Cl. The van der Waals surface area contributed by atoms with Gasteiger partial charge in [-0.2, -0.15) is 0 Å². The fourth-order valence-corrected chi connectivity index (χ4v) is 2.52. The van der Waals surface area contributed by atoms with Crippen molar-refractivity contribution in [2.45, 2.75) is 6.54 Å². The molecule has 19 heavy (non-hydrogen) atoms. The Morgan fingerprint density at radius 2 is 1.68 bits per heavy atom. The third-order valence-electron chi connectivity index (χ3n) is 2.95. The van der Waals surface area contributed by atoms with Crippen LogP contribution < -0.4 is 5.76 Å². The van der Waals surface area contributed by atoms with Gasteiger partial charge >= 0.3 is 5.76 Å². The molecule has 0 aliphatic heterocycles. The number of fused-ring (bicyclic) bond motifs is 1. The summed E-state index contributed by atoms with van der Waals surface area (Å²) in [6.45, 7) is 0.286. The third-order valence-corrected chi connectivity index (χ3v) is 3.66. The Bertz CT molecular complexity index is 784. The lowest BCUT2D eigenvalue weighted by molar-refractivity contribution is 0.518. The number of para-hydroxylation sites is 2. The lowest BCUT2D eigenvalue weighted by atomic mass is 10.2. The van der Waals surface area contributed by atoms with Crippen LogP contribution in [0.3, 0.4) is 0 Å². The summed E-state index contributed by atoms with van der Waals surface area (Å²) in [5.74, 6) is -0.419. The van der Waals surface area contributed by atoms with Gasteiger partial charge in [0.15, 0.2) is 5.58 Å². The molecule has 0 N–H and O–H groups in total. The number of halogens is 2. The molecule has 0 aliphatic carbocycles. The van der Waals surface area contributed by atoms with Crippen molar-refractivity contribution in [2.24, 2.45) is 0 Å². The number of benzene rings is 2. The van der Waals surface area contributed by atoms with E-state index in [-0.39, 0.29) is 6.54 Å². The van der Waals surface area contributed by atoms with Crippen molar-refractivity contribution in [3.63, 3.8) is 0 Å². The van der Waals surface area contributed by atoms with Crippen LogP contribution in [0.25, 0.3) is 11.1 Å². The number of oxazole rings is 1. The highest BCUT2D eigenvalue weighted by Gasteiger charge is 2.12. The van der Waals surface area contributed by atoms with Crippen molar-refractivity contribution in [2.75, 3.05) is 0 Å². The molecule has 0 saturated heterocycles. The van der Waals surface area contributed by atoms with Gasteiger partial charge < -0.3 is 4.42 Å². The second kappa shape index (κ2) is 4.76. The first-order valence-electron chi connectivity index (χ1n) is 5.68. The molecule has 0 saturated carbocycles. The molecule has 0 amide bonds. The van der Waals surface area contributed by atoms with E-state index in [9.17, 15) is 4.79 Å². The normalized spacial score (nSPS) is 11.1. The van der Waals surface area contributed by atoms with Crippen molar-refractivity contribution in [1.82, 2.24) is 4.57 Å². The molecular formula is C14H9Cl2NO2. The van der Waals surface area contributed by atoms with E-state index >= 15 is 0 Å². The summed E-state index contributed by atoms with van der Waals surface area (Å²) in [5.41, 5.74) is 1.98. The first-order valence-corrected chi connectivity index (χ1v) is 6.43. The minimum Gasteiger partial charge on any atom is -0.408 e. The maximum atomic E-state index is 11.9. The van der Waals surface area contributed by atoms with Crippen molar-refractivity contribution in [3.8, 4) is 0 Å². The molecule has 5 heteroatoms. The average molecular weight is 294 g/mol. The monoisotopic (exact) mass is 293 g/mol. The molecule has 3 nitrogen and oxygen atoms in total. The zero-order valence-electron chi connectivity index (χ0n) is 9.77. The number of hydrogen-bond donors (Lipinski definition) is 0. The summed E-state index contributed by atoms with van der Waals surface area (Å²) in [7, 11) is 0. The van der Waals surface area contributed by atoms with Gasteiger partial charge in [-0.25, -0.2) is 4.79 Å². The Morgan fingerprint density at radius 1 is 1.00 bits per heavy atom. The van der Waals surface area contributed by atoms with Crippen LogP contribution in [0.5, 0.6) is 0 Å². The van der Waals surface area contributed by atoms with Crippen LogP contribution in [0.1, 0.15) is 5.56 Å². The fraction of sp³-hybridized carbons (Fsp3) is 0.0714. The van der Waals surface area contributed by atoms with E-state index < -0.39 is 5.76 Å². The number of hydrogen-bond acceptors (Lipinski definition) is 2. The molecule has 0 radical (unpaired) electrons. The van der Waals surface area contributed by atoms with Crippen LogP contribution in [0.4, 0.5) is 0 Å². The molecule has 0 bridgehead atoms. The third kappa shape index (κ3) is 2.15. The van der Waals surface area contributed by atoms with Crippen molar-refractivity contribution in [3.05, 3.63) is 68.6 Å². The molecule has 0 spiro atoms. The predicted octanol–water partition coefficient (Wildman–Crippen LogP) is 3.95. The molecule has 3 aromatic rings. The minimum atomic E-state index is -0.419. The van der Waals surface area contributed by atoms with E-state index in [1.807, 2.05) is 18.2 Å². The van der Waals surface area contributed by atoms with Gasteiger partial charge in [-0.15, -0.1) is 0 Å². The van der Waals surface area contributed by atoms with Gasteiger partial charge in [0.25, 0.3) is 0 Å². The summed E-state index contributed by atoms with van der Waals surface area (Å²) in [6.07, 6.45) is 0. The highest BCUT2D eigenvalue weighted by Crippen LogP contribution is 2.26. The van der Waals surface area contributed by atoms with Gasteiger partial charge in [0.2, 0.25) is 0 Å². The highest BCUT2D eigenvalue weighted by molar-refractivity contribution is 6.35. The largest absolute Gasteiger partial charge is 0.420 e. The van der Waals surface area contributed by atoms with Crippen LogP contribution in [-0.2, 0) is 6.54 Å². The van der Waals surface area contributed by atoms with E-state index in [2.05, 4.69) is 0 Å². The summed E-state index contributed by atoms with van der Waals surface area (Å²) in [6, 6.07) is 12.5.